The third-order valence-corrected chi connectivity index (χ3v) is 7.14. The van der Waals surface area contributed by atoms with Crippen LogP contribution in [0.1, 0.15) is 81.6 Å². The Hall–Kier alpha value is -2.13. The lowest BCUT2D eigenvalue weighted by atomic mass is 9.81. The molecular weight excluding hydrogens is 366 g/mol. The summed E-state index contributed by atoms with van der Waals surface area (Å²) in [5.41, 5.74) is 8.40. The van der Waals surface area contributed by atoms with Gasteiger partial charge in [-0.3, -0.25) is 9.88 Å². The summed E-state index contributed by atoms with van der Waals surface area (Å²) in [4.78, 5) is 11.5. The van der Waals surface area contributed by atoms with E-state index in [0.29, 0.717) is 5.92 Å². The summed E-state index contributed by atoms with van der Waals surface area (Å²) < 4.78 is 0. The molecule has 0 spiro atoms. The molecule has 1 saturated carbocycles. The number of fused-ring (bicyclic) bond motifs is 3. The second kappa shape index (κ2) is 6.95. The summed E-state index contributed by atoms with van der Waals surface area (Å²) >= 11 is 0. The fourth-order valence-corrected chi connectivity index (χ4v) is 5.05. The second-order valence-electron chi connectivity index (χ2n) is 11.0. The minimum atomic E-state index is 0.00223. The Morgan fingerprint density at radius 1 is 1.03 bits per heavy atom. The van der Waals surface area contributed by atoms with Gasteiger partial charge in [0, 0.05) is 57.9 Å². The predicted octanol–water partition coefficient (Wildman–Crippen LogP) is 6.12. The fourth-order valence-electron chi connectivity index (χ4n) is 5.05. The molecule has 0 unspecified atom stereocenters. The van der Waals surface area contributed by atoms with Crippen LogP contribution >= 0.6 is 0 Å². The minimum Gasteiger partial charge on any atom is -0.357 e. The third-order valence-electron chi connectivity index (χ3n) is 7.14. The van der Waals surface area contributed by atoms with Crippen molar-refractivity contribution in [2.24, 2.45) is 0 Å². The van der Waals surface area contributed by atoms with E-state index >= 15 is 0 Å². The van der Waals surface area contributed by atoms with Crippen molar-refractivity contribution in [3.05, 3.63) is 64.6 Å². The molecule has 3 nitrogen and oxygen atoms in total. The van der Waals surface area contributed by atoms with Gasteiger partial charge in [-0.25, -0.2) is 0 Å². The normalized spacial score (nSPS) is 18.0. The Bertz CT molecular complexity index is 1080. The Morgan fingerprint density at radius 3 is 2.53 bits per heavy atom. The molecule has 0 atom stereocenters. The van der Waals surface area contributed by atoms with Gasteiger partial charge in [0.2, 0.25) is 0 Å². The van der Waals surface area contributed by atoms with Gasteiger partial charge in [0.05, 0.1) is 0 Å². The highest BCUT2D eigenvalue weighted by atomic mass is 15.2. The summed E-state index contributed by atoms with van der Waals surface area (Å²) in [7, 11) is 0. The number of rotatable bonds is 4. The number of nitrogens with one attached hydrogen (secondary N) is 1. The number of nitrogens with zero attached hydrogens (tertiary/aromatic N) is 2. The van der Waals surface area contributed by atoms with Gasteiger partial charge in [-0.1, -0.05) is 38.1 Å². The Labute approximate surface area is 180 Å². The largest absolute Gasteiger partial charge is 0.357 e. The Morgan fingerprint density at radius 2 is 1.80 bits per heavy atom. The predicted molar refractivity (Wildman–Crippen MR) is 125 cm³/mol. The second-order valence-corrected chi connectivity index (χ2v) is 11.0. The number of benzene rings is 1. The summed E-state index contributed by atoms with van der Waals surface area (Å²) in [5, 5.41) is 1.42. The molecule has 158 valence electrons. The molecule has 1 aliphatic heterocycles. The standard InChI is InChI=1S/C27H35N3/c1-26(2,3)30-15-14-20-21-9-6-8-19(25(21)29-23(20)17-30)16-27(4,5)24-11-7-10-22(28-24)18-12-13-18/h6-11,18,29H,12-17H2,1-5H3. The number of pyridine rings is 1. The molecule has 1 N–H and O–H groups in total. The van der Waals surface area contributed by atoms with Crippen LogP contribution in [0.5, 0.6) is 0 Å². The Balaban J connectivity index is 1.48. The number of H-pyrrole nitrogens is 1. The molecule has 30 heavy (non-hydrogen) atoms. The first-order valence-electron chi connectivity index (χ1n) is 11.6. The monoisotopic (exact) mass is 401 g/mol. The van der Waals surface area contributed by atoms with Crippen molar-refractivity contribution in [3.8, 4) is 0 Å². The molecule has 0 bridgehead atoms. The van der Waals surface area contributed by atoms with Crippen molar-refractivity contribution in [1.29, 1.82) is 0 Å². The first-order chi connectivity index (χ1) is 14.2. The molecule has 1 fully saturated rings. The molecule has 3 heteroatoms. The van der Waals surface area contributed by atoms with Crippen LogP contribution in [0.2, 0.25) is 0 Å². The van der Waals surface area contributed by atoms with Crippen molar-refractivity contribution >= 4 is 10.9 Å². The first-order valence-corrected chi connectivity index (χ1v) is 11.6. The van der Waals surface area contributed by atoms with Gasteiger partial charge in [-0.15, -0.1) is 0 Å². The lowest BCUT2D eigenvalue weighted by Gasteiger charge is -2.38. The highest BCUT2D eigenvalue weighted by Crippen LogP contribution is 2.40. The first kappa shape index (κ1) is 19.8. The van der Waals surface area contributed by atoms with Crippen molar-refractivity contribution in [3.63, 3.8) is 0 Å². The van der Waals surface area contributed by atoms with E-state index in [-0.39, 0.29) is 11.0 Å². The van der Waals surface area contributed by atoms with Crippen molar-refractivity contribution in [2.75, 3.05) is 6.54 Å². The average Bonchev–Trinajstić information content (AvgIpc) is 3.48. The molecule has 0 saturated heterocycles. The molecule has 3 heterocycles. The smallest absolute Gasteiger partial charge is 0.0492 e. The number of hydrogen-bond acceptors (Lipinski definition) is 2. The zero-order chi connectivity index (χ0) is 21.1. The van der Waals surface area contributed by atoms with Crippen LogP contribution < -0.4 is 0 Å². The summed E-state index contributed by atoms with van der Waals surface area (Å²) in [6, 6.07) is 13.5. The molecule has 0 radical (unpaired) electrons. The zero-order valence-electron chi connectivity index (χ0n) is 19.2. The topological polar surface area (TPSA) is 31.9 Å². The summed E-state index contributed by atoms with van der Waals surface area (Å²) in [5.74, 6) is 0.699. The van der Waals surface area contributed by atoms with Crippen LogP contribution in [-0.2, 0) is 24.8 Å². The average molecular weight is 402 g/mol. The van der Waals surface area contributed by atoms with Crippen LogP contribution in [0.3, 0.4) is 0 Å². The number of aromatic nitrogens is 2. The van der Waals surface area contributed by atoms with Crippen LogP contribution in [0, 0.1) is 0 Å². The van der Waals surface area contributed by atoms with Gasteiger partial charge in [0.15, 0.2) is 0 Å². The molecule has 1 aromatic carbocycles. The molecule has 0 amide bonds. The lowest BCUT2D eigenvalue weighted by Crippen LogP contribution is -2.44. The van der Waals surface area contributed by atoms with E-state index < -0.39 is 0 Å². The van der Waals surface area contributed by atoms with Crippen molar-refractivity contribution < 1.29 is 0 Å². The van der Waals surface area contributed by atoms with E-state index in [1.807, 2.05) is 0 Å². The molecule has 3 aromatic rings. The number of aromatic amines is 1. The molecular formula is C27H35N3. The maximum absolute atomic E-state index is 5.07. The summed E-state index contributed by atoms with van der Waals surface area (Å²) in [6.07, 6.45) is 4.73. The Kier molecular flexibility index (Phi) is 4.59. The van der Waals surface area contributed by atoms with Crippen LogP contribution in [-0.4, -0.2) is 27.0 Å². The van der Waals surface area contributed by atoms with Crippen molar-refractivity contribution in [1.82, 2.24) is 14.9 Å². The molecule has 1 aliphatic carbocycles. The lowest BCUT2D eigenvalue weighted by molar-refractivity contribution is 0.119. The van der Waals surface area contributed by atoms with Gasteiger partial charge in [-0.05, 0) is 69.7 Å². The molecule has 2 aromatic heterocycles. The highest BCUT2D eigenvalue weighted by molar-refractivity contribution is 5.87. The van der Waals surface area contributed by atoms with Crippen molar-refractivity contribution in [2.45, 2.75) is 83.7 Å². The zero-order valence-corrected chi connectivity index (χ0v) is 19.2. The van der Waals surface area contributed by atoms with Crippen LogP contribution in [0.25, 0.3) is 10.9 Å². The van der Waals surface area contributed by atoms with E-state index in [9.17, 15) is 0 Å². The summed E-state index contributed by atoms with van der Waals surface area (Å²) in [6.45, 7) is 13.8. The van der Waals surface area contributed by atoms with E-state index in [1.54, 1.807) is 0 Å². The van der Waals surface area contributed by atoms with Gasteiger partial charge in [-0.2, -0.15) is 0 Å². The number of hydrogen-bond donors (Lipinski definition) is 1. The van der Waals surface area contributed by atoms with E-state index in [4.69, 9.17) is 4.98 Å². The quantitative estimate of drug-likeness (QED) is 0.571. The van der Waals surface area contributed by atoms with Crippen LogP contribution in [0.15, 0.2) is 36.4 Å². The van der Waals surface area contributed by atoms with E-state index in [1.165, 1.54) is 52.0 Å². The fraction of sp³-hybridized carbons (Fsp3) is 0.519. The number of para-hydroxylation sites is 1. The van der Waals surface area contributed by atoms with Gasteiger partial charge in [0.25, 0.3) is 0 Å². The van der Waals surface area contributed by atoms with Gasteiger partial charge >= 0.3 is 0 Å². The SMILES string of the molecule is CC(C)(Cc1cccc2c3c([nH]c12)CN(C(C)(C)C)CC3)c1cccc(C2CC2)n1. The maximum atomic E-state index is 5.07. The van der Waals surface area contributed by atoms with E-state index in [0.717, 1.165) is 25.9 Å². The van der Waals surface area contributed by atoms with Gasteiger partial charge in [0.1, 0.15) is 0 Å². The minimum absolute atomic E-state index is 0.00223. The van der Waals surface area contributed by atoms with E-state index in [2.05, 4.69) is 80.9 Å². The maximum Gasteiger partial charge on any atom is 0.0492 e. The molecule has 2 aliphatic rings. The molecule has 5 rings (SSSR count). The highest BCUT2D eigenvalue weighted by Gasteiger charge is 2.31. The van der Waals surface area contributed by atoms with Gasteiger partial charge < -0.3 is 4.98 Å². The van der Waals surface area contributed by atoms with Crippen LogP contribution in [0.4, 0.5) is 0 Å². The third kappa shape index (κ3) is 3.58.